The summed E-state index contributed by atoms with van der Waals surface area (Å²) in [6, 6.07) is 5.74. The van der Waals surface area contributed by atoms with Gasteiger partial charge in [0.05, 0.1) is 6.20 Å². The Balaban J connectivity index is 2.52. The van der Waals surface area contributed by atoms with Gasteiger partial charge in [0.1, 0.15) is 10.8 Å². The zero-order chi connectivity index (χ0) is 9.97. The molecule has 0 fully saturated rings. The molecule has 14 heavy (non-hydrogen) atoms. The van der Waals surface area contributed by atoms with Gasteiger partial charge < -0.3 is 4.57 Å². The van der Waals surface area contributed by atoms with E-state index in [0.29, 0.717) is 5.15 Å². The van der Waals surface area contributed by atoms with Crippen LogP contribution in [-0.4, -0.2) is 14.5 Å². The molecule has 3 nitrogen and oxygen atoms in total. The van der Waals surface area contributed by atoms with Crippen molar-refractivity contribution >= 4 is 11.6 Å². The zero-order valence-electron chi connectivity index (χ0n) is 7.81. The normalized spacial score (nSPS) is 10.4. The van der Waals surface area contributed by atoms with Gasteiger partial charge >= 0.3 is 0 Å². The van der Waals surface area contributed by atoms with E-state index in [1.165, 1.54) is 0 Å². The van der Waals surface area contributed by atoms with Crippen molar-refractivity contribution in [2.45, 2.75) is 13.5 Å². The Hall–Kier alpha value is -1.35. The summed E-state index contributed by atoms with van der Waals surface area (Å²) >= 11 is 5.97. The molecule has 0 aliphatic rings. The molecule has 2 rings (SSSR count). The summed E-state index contributed by atoms with van der Waals surface area (Å²) in [6.07, 6.45) is 3.40. The Bertz CT molecular complexity index is 422. The van der Waals surface area contributed by atoms with Gasteiger partial charge in [0.2, 0.25) is 0 Å². The lowest BCUT2D eigenvalue weighted by molar-refractivity contribution is 0.769. The van der Waals surface area contributed by atoms with Crippen molar-refractivity contribution in [3.8, 4) is 11.5 Å². The molecule has 0 aliphatic heterocycles. The van der Waals surface area contributed by atoms with Crippen LogP contribution in [0.15, 0.2) is 30.6 Å². The smallest absolute Gasteiger partial charge is 0.159 e. The average Bonchev–Trinajstić information content (AvgIpc) is 2.61. The first kappa shape index (κ1) is 9.21. The SMILES string of the molecule is CCn1c(Cl)cnc1-c1ccccn1. The van der Waals surface area contributed by atoms with Crippen molar-refractivity contribution in [1.29, 1.82) is 0 Å². The molecule has 2 aromatic heterocycles. The van der Waals surface area contributed by atoms with E-state index in [0.717, 1.165) is 18.1 Å². The van der Waals surface area contributed by atoms with E-state index in [1.807, 2.05) is 29.7 Å². The van der Waals surface area contributed by atoms with Gasteiger partial charge in [-0.15, -0.1) is 0 Å². The lowest BCUT2D eigenvalue weighted by Gasteiger charge is -2.04. The van der Waals surface area contributed by atoms with Crippen molar-refractivity contribution in [3.05, 3.63) is 35.7 Å². The summed E-state index contributed by atoms with van der Waals surface area (Å²) in [6.45, 7) is 2.82. The summed E-state index contributed by atoms with van der Waals surface area (Å²) in [5, 5.41) is 0.646. The van der Waals surface area contributed by atoms with Crippen LogP contribution in [0.5, 0.6) is 0 Å². The van der Waals surface area contributed by atoms with E-state index in [-0.39, 0.29) is 0 Å². The standard InChI is InChI=1S/C10H10ClN3/c1-2-14-9(11)7-13-10(14)8-5-3-4-6-12-8/h3-7H,2H2,1H3. The van der Waals surface area contributed by atoms with E-state index < -0.39 is 0 Å². The lowest BCUT2D eigenvalue weighted by atomic mass is 10.3. The van der Waals surface area contributed by atoms with Crippen LogP contribution in [0.4, 0.5) is 0 Å². The number of imidazole rings is 1. The van der Waals surface area contributed by atoms with Crippen molar-refractivity contribution in [1.82, 2.24) is 14.5 Å². The van der Waals surface area contributed by atoms with E-state index in [1.54, 1.807) is 12.4 Å². The molecule has 2 aromatic rings. The molecule has 0 unspecified atom stereocenters. The highest BCUT2D eigenvalue weighted by atomic mass is 35.5. The van der Waals surface area contributed by atoms with Crippen LogP contribution < -0.4 is 0 Å². The van der Waals surface area contributed by atoms with Crippen molar-refractivity contribution in [3.63, 3.8) is 0 Å². The van der Waals surface area contributed by atoms with Gasteiger partial charge in [-0.3, -0.25) is 4.98 Å². The van der Waals surface area contributed by atoms with Crippen molar-refractivity contribution in [2.24, 2.45) is 0 Å². The van der Waals surface area contributed by atoms with E-state index in [9.17, 15) is 0 Å². The number of rotatable bonds is 2. The molecular weight excluding hydrogens is 198 g/mol. The van der Waals surface area contributed by atoms with Crippen LogP contribution >= 0.6 is 11.6 Å². The molecule has 0 saturated carbocycles. The molecule has 0 bridgehead atoms. The zero-order valence-corrected chi connectivity index (χ0v) is 8.57. The minimum Gasteiger partial charge on any atom is -0.314 e. The average molecular weight is 208 g/mol. The molecule has 0 aromatic carbocycles. The molecule has 0 spiro atoms. The number of aromatic nitrogens is 3. The minimum absolute atomic E-state index is 0.646. The third-order valence-electron chi connectivity index (χ3n) is 2.02. The van der Waals surface area contributed by atoms with Crippen molar-refractivity contribution in [2.75, 3.05) is 0 Å². The van der Waals surface area contributed by atoms with E-state index in [4.69, 9.17) is 11.6 Å². The van der Waals surface area contributed by atoms with Gasteiger partial charge in [-0.25, -0.2) is 4.98 Å². The second kappa shape index (κ2) is 3.80. The fraction of sp³-hybridized carbons (Fsp3) is 0.200. The highest BCUT2D eigenvalue weighted by Gasteiger charge is 2.08. The first-order valence-corrected chi connectivity index (χ1v) is 4.83. The van der Waals surface area contributed by atoms with E-state index in [2.05, 4.69) is 9.97 Å². The van der Waals surface area contributed by atoms with Crippen LogP contribution in [0.3, 0.4) is 0 Å². The molecule has 0 radical (unpaired) electrons. The fourth-order valence-corrected chi connectivity index (χ4v) is 1.60. The third kappa shape index (κ3) is 1.51. The van der Waals surface area contributed by atoms with Gasteiger partial charge in [-0.1, -0.05) is 17.7 Å². The second-order valence-electron chi connectivity index (χ2n) is 2.86. The number of nitrogens with zero attached hydrogens (tertiary/aromatic N) is 3. The molecule has 0 N–H and O–H groups in total. The summed E-state index contributed by atoms with van der Waals surface area (Å²) in [4.78, 5) is 8.45. The van der Waals surface area contributed by atoms with Gasteiger partial charge in [-0.2, -0.15) is 0 Å². The van der Waals surface area contributed by atoms with Crippen LogP contribution in [0.2, 0.25) is 5.15 Å². The molecule has 0 atom stereocenters. The maximum absolute atomic E-state index is 5.97. The molecule has 0 aliphatic carbocycles. The number of hydrogen-bond acceptors (Lipinski definition) is 2. The van der Waals surface area contributed by atoms with E-state index >= 15 is 0 Å². The second-order valence-corrected chi connectivity index (χ2v) is 3.25. The topological polar surface area (TPSA) is 30.7 Å². The van der Waals surface area contributed by atoms with Gasteiger partial charge in [0.15, 0.2) is 5.82 Å². The molecule has 0 saturated heterocycles. The monoisotopic (exact) mass is 207 g/mol. The molecule has 0 amide bonds. The molecular formula is C10H10ClN3. The summed E-state index contributed by atoms with van der Waals surface area (Å²) in [7, 11) is 0. The Kier molecular flexibility index (Phi) is 2.50. The van der Waals surface area contributed by atoms with Gasteiger partial charge in [-0.05, 0) is 19.1 Å². The van der Waals surface area contributed by atoms with Gasteiger partial charge in [0, 0.05) is 12.7 Å². The highest BCUT2D eigenvalue weighted by Crippen LogP contribution is 2.19. The Morgan fingerprint density at radius 2 is 2.21 bits per heavy atom. The predicted molar refractivity (Wildman–Crippen MR) is 56.1 cm³/mol. The number of pyridine rings is 1. The largest absolute Gasteiger partial charge is 0.314 e. The van der Waals surface area contributed by atoms with Crippen LogP contribution in [0.1, 0.15) is 6.92 Å². The molecule has 4 heteroatoms. The predicted octanol–water partition coefficient (Wildman–Crippen LogP) is 2.62. The first-order chi connectivity index (χ1) is 6.83. The Morgan fingerprint density at radius 3 is 2.86 bits per heavy atom. The quantitative estimate of drug-likeness (QED) is 0.758. The summed E-state index contributed by atoms with van der Waals surface area (Å²) < 4.78 is 1.92. The molecule has 2 heterocycles. The van der Waals surface area contributed by atoms with Crippen LogP contribution in [0, 0.1) is 0 Å². The Morgan fingerprint density at radius 1 is 1.36 bits per heavy atom. The summed E-state index contributed by atoms with van der Waals surface area (Å²) in [5.41, 5.74) is 0.848. The first-order valence-electron chi connectivity index (χ1n) is 4.45. The van der Waals surface area contributed by atoms with Crippen LogP contribution in [-0.2, 0) is 6.54 Å². The minimum atomic E-state index is 0.646. The number of hydrogen-bond donors (Lipinski definition) is 0. The lowest BCUT2D eigenvalue weighted by Crippen LogP contribution is -1.98. The van der Waals surface area contributed by atoms with Gasteiger partial charge in [0.25, 0.3) is 0 Å². The third-order valence-corrected chi connectivity index (χ3v) is 2.32. The summed E-state index contributed by atoms with van der Waals surface area (Å²) in [5.74, 6) is 0.818. The molecule has 72 valence electrons. The van der Waals surface area contributed by atoms with Crippen LogP contribution in [0.25, 0.3) is 11.5 Å². The Labute approximate surface area is 87.4 Å². The maximum atomic E-state index is 5.97. The van der Waals surface area contributed by atoms with Crippen molar-refractivity contribution < 1.29 is 0 Å². The fourth-order valence-electron chi connectivity index (χ4n) is 1.36. The highest BCUT2D eigenvalue weighted by molar-refractivity contribution is 6.29. The maximum Gasteiger partial charge on any atom is 0.159 e. The number of halogens is 1.